The van der Waals surface area contributed by atoms with Crippen LogP contribution >= 0.6 is 12.2 Å². The summed E-state index contributed by atoms with van der Waals surface area (Å²) in [6, 6.07) is 9.18. The second-order valence-electron chi connectivity index (χ2n) is 3.97. The molecular weight excluding hydrogens is 232 g/mol. The number of hydrogen-bond acceptors (Lipinski definition) is 3. The average molecular weight is 250 g/mol. The van der Waals surface area contributed by atoms with E-state index in [9.17, 15) is 4.79 Å². The highest BCUT2D eigenvalue weighted by atomic mass is 32.1. The Morgan fingerprint density at radius 3 is 2.59 bits per heavy atom. The minimum absolute atomic E-state index is 0.0205. The summed E-state index contributed by atoms with van der Waals surface area (Å²) in [6.07, 6.45) is 2.02. The summed E-state index contributed by atoms with van der Waals surface area (Å²) in [6.45, 7) is 4.48. The molecular formula is C14H18O2S. The second-order valence-corrected chi connectivity index (χ2v) is 4.38. The minimum atomic E-state index is -0.357. The van der Waals surface area contributed by atoms with Crippen LogP contribution in [0.4, 0.5) is 0 Å². The molecule has 0 saturated heterocycles. The fourth-order valence-corrected chi connectivity index (χ4v) is 1.59. The zero-order valence-corrected chi connectivity index (χ0v) is 11.1. The number of hydrogen-bond donors (Lipinski definition) is 0. The number of ketones is 1. The van der Waals surface area contributed by atoms with Crippen LogP contribution in [0.25, 0.3) is 0 Å². The smallest absolute Gasteiger partial charge is 0.174 e. The molecule has 92 valence electrons. The molecule has 1 unspecified atom stereocenters. The van der Waals surface area contributed by atoms with Gasteiger partial charge in [0.15, 0.2) is 10.8 Å². The van der Waals surface area contributed by atoms with Crippen molar-refractivity contribution in [3.8, 4) is 0 Å². The van der Waals surface area contributed by atoms with Gasteiger partial charge in [-0.2, -0.15) is 0 Å². The summed E-state index contributed by atoms with van der Waals surface area (Å²) in [4.78, 5) is 12.1. The quantitative estimate of drug-likeness (QED) is 0.438. The van der Waals surface area contributed by atoms with E-state index in [4.69, 9.17) is 17.0 Å². The molecule has 0 spiro atoms. The lowest BCUT2D eigenvalue weighted by molar-refractivity contribution is 0.0950. The van der Waals surface area contributed by atoms with Crippen LogP contribution in [0.15, 0.2) is 30.3 Å². The van der Waals surface area contributed by atoms with Crippen molar-refractivity contribution in [2.75, 3.05) is 6.61 Å². The van der Waals surface area contributed by atoms with E-state index < -0.39 is 0 Å². The molecule has 1 aromatic carbocycles. The van der Waals surface area contributed by atoms with Gasteiger partial charge in [0.2, 0.25) is 0 Å². The van der Waals surface area contributed by atoms with E-state index in [2.05, 4.69) is 6.92 Å². The molecule has 0 aromatic heterocycles. The molecule has 0 amide bonds. The first-order valence-corrected chi connectivity index (χ1v) is 6.33. The van der Waals surface area contributed by atoms with E-state index in [1.54, 1.807) is 19.1 Å². The molecule has 0 aliphatic heterocycles. The van der Waals surface area contributed by atoms with Gasteiger partial charge in [-0.15, -0.1) is 0 Å². The Morgan fingerprint density at radius 1 is 1.35 bits per heavy atom. The molecule has 1 atom stereocenters. The van der Waals surface area contributed by atoms with E-state index in [1.165, 1.54) is 0 Å². The Morgan fingerprint density at radius 2 is 2.00 bits per heavy atom. The van der Waals surface area contributed by atoms with Gasteiger partial charge in [0.25, 0.3) is 0 Å². The van der Waals surface area contributed by atoms with E-state index in [0.717, 1.165) is 12.8 Å². The maximum absolute atomic E-state index is 12.1. The normalized spacial score (nSPS) is 11.9. The highest BCUT2D eigenvalue weighted by molar-refractivity contribution is 7.80. The van der Waals surface area contributed by atoms with Crippen molar-refractivity contribution >= 4 is 23.1 Å². The summed E-state index contributed by atoms with van der Waals surface area (Å²) >= 11 is 5.12. The maximum atomic E-state index is 12.1. The standard InChI is InChI=1S/C14H18O2S/c1-3-4-10-16-14(17)11(2)13(15)12-8-6-5-7-9-12/h5-9,11H,3-4,10H2,1-2H3. The van der Waals surface area contributed by atoms with Crippen LogP contribution in [0.2, 0.25) is 0 Å². The zero-order valence-electron chi connectivity index (χ0n) is 10.3. The van der Waals surface area contributed by atoms with Crippen molar-refractivity contribution in [1.29, 1.82) is 0 Å². The van der Waals surface area contributed by atoms with Gasteiger partial charge in [-0.1, -0.05) is 43.7 Å². The highest BCUT2D eigenvalue weighted by Crippen LogP contribution is 2.11. The zero-order chi connectivity index (χ0) is 12.7. The summed E-state index contributed by atoms with van der Waals surface area (Å²) in [5.74, 6) is -0.337. The summed E-state index contributed by atoms with van der Waals surface area (Å²) in [5, 5.41) is 0.396. The third kappa shape index (κ3) is 4.27. The summed E-state index contributed by atoms with van der Waals surface area (Å²) < 4.78 is 5.40. The Bertz CT molecular complexity index is 373. The number of ether oxygens (including phenoxy) is 1. The molecule has 0 saturated carbocycles. The molecule has 1 aromatic rings. The van der Waals surface area contributed by atoms with Crippen LogP contribution in [0, 0.1) is 5.92 Å². The molecule has 0 aliphatic rings. The third-order valence-corrected chi connectivity index (χ3v) is 3.02. The number of carbonyl (C=O) groups is 1. The van der Waals surface area contributed by atoms with Gasteiger partial charge in [0, 0.05) is 5.56 Å². The second kappa shape index (κ2) is 7.17. The first-order chi connectivity index (χ1) is 8.16. The van der Waals surface area contributed by atoms with Gasteiger partial charge in [-0.25, -0.2) is 0 Å². The number of carbonyl (C=O) groups excluding carboxylic acids is 1. The Balaban J connectivity index is 2.55. The molecule has 2 nitrogen and oxygen atoms in total. The molecule has 0 heterocycles. The topological polar surface area (TPSA) is 26.3 Å². The number of unbranched alkanes of at least 4 members (excludes halogenated alkanes) is 1. The summed E-state index contributed by atoms with van der Waals surface area (Å²) in [5.41, 5.74) is 0.682. The number of rotatable bonds is 6. The van der Waals surface area contributed by atoms with E-state index in [-0.39, 0.29) is 11.7 Å². The average Bonchev–Trinajstić information content (AvgIpc) is 2.38. The highest BCUT2D eigenvalue weighted by Gasteiger charge is 2.20. The van der Waals surface area contributed by atoms with Gasteiger partial charge in [-0.05, 0) is 25.6 Å². The molecule has 0 N–H and O–H groups in total. The SMILES string of the molecule is CCCCOC(=S)C(C)C(=O)c1ccccc1. The third-order valence-electron chi connectivity index (χ3n) is 2.55. The van der Waals surface area contributed by atoms with Crippen LogP contribution in [-0.2, 0) is 4.74 Å². The largest absolute Gasteiger partial charge is 0.486 e. The van der Waals surface area contributed by atoms with Crippen LogP contribution < -0.4 is 0 Å². The first kappa shape index (κ1) is 13.8. The van der Waals surface area contributed by atoms with Crippen LogP contribution in [0.5, 0.6) is 0 Å². The lowest BCUT2D eigenvalue weighted by atomic mass is 10.0. The van der Waals surface area contributed by atoms with Crippen molar-refractivity contribution in [1.82, 2.24) is 0 Å². The van der Waals surface area contributed by atoms with E-state index in [0.29, 0.717) is 17.2 Å². The monoisotopic (exact) mass is 250 g/mol. The van der Waals surface area contributed by atoms with Crippen LogP contribution in [0.1, 0.15) is 37.0 Å². The van der Waals surface area contributed by atoms with Gasteiger partial charge < -0.3 is 4.74 Å². The maximum Gasteiger partial charge on any atom is 0.174 e. The summed E-state index contributed by atoms with van der Waals surface area (Å²) in [7, 11) is 0. The minimum Gasteiger partial charge on any atom is -0.486 e. The predicted octanol–water partition coefficient (Wildman–Crippen LogP) is 3.65. The predicted molar refractivity (Wildman–Crippen MR) is 73.4 cm³/mol. The van der Waals surface area contributed by atoms with Gasteiger partial charge in [0.05, 0.1) is 12.5 Å². The Hall–Kier alpha value is -1.22. The van der Waals surface area contributed by atoms with Gasteiger partial charge in [0.1, 0.15) is 0 Å². The Kier molecular flexibility index (Phi) is 5.84. The fraction of sp³-hybridized carbons (Fsp3) is 0.429. The van der Waals surface area contributed by atoms with Crippen molar-refractivity contribution in [2.24, 2.45) is 5.92 Å². The molecule has 0 radical (unpaired) electrons. The number of Topliss-reactive ketones (excluding diaryl/α,β-unsaturated/α-hetero) is 1. The van der Waals surface area contributed by atoms with Crippen LogP contribution in [-0.4, -0.2) is 17.4 Å². The lowest BCUT2D eigenvalue weighted by Gasteiger charge is -2.13. The molecule has 0 bridgehead atoms. The molecule has 1 rings (SSSR count). The fourth-order valence-electron chi connectivity index (χ4n) is 1.40. The van der Waals surface area contributed by atoms with Gasteiger partial charge >= 0.3 is 0 Å². The Labute approximate surface area is 108 Å². The van der Waals surface area contributed by atoms with Crippen molar-refractivity contribution < 1.29 is 9.53 Å². The first-order valence-electron chi connectivity index (χ1n) is 5.92. The van der Waals surface area contributed by atoms with Crippen molar-refractivity contribution in [2.45, 2.75) is 26.7 Å². The van der Waals surface area contributed by atoms with Crippen LogP contribution in [0.3, 0.4) is 0 Å². The molecule has 17 heavy (non-hydrogen) atoms. The molecule has 0 aliphatic carbocycles. The number of benzene rings is 1. The van der Waals surface area contributed by atoms with Crippen molar-refractivity contribution in [3.63, 3.8) is 0 Å². The molecule has 3 heteroatoms. The van der Waals surface area contributed by atoms with Crippen molar-refractivity contribution in [3.05, 3.63) is 35.9 Å². The van der Waals surface area contributed by atoms with Gasteiger partial charge in [-0.3, -0.25) is 4.79 Å². The molecule has 0 fully saturated rings. The van der Waals surface area contributed by atoms with E-state index >= 15 is 0 Å². The number of thiocarbonyl (C=S) groups is 1. The van der Waals surface area contributed by atoms with E-state index in [1.807, 2.05) is 18.2 Å². The lowest BCUT2D eigenvalue weighted by Crippen LogP contribution is -2.22.